The second kappa shape index (κ2) is 7.54. The summed E-state index contributed by atoms with van der Waals surface area (Å²) in [5.41, 5.74) is 6.31. The van der Waals surface area contributed by atoms with E-state index in [9.17, 15) is 14.4 Å². The van der Waals surface area contributed by atoms with Crippen LogP contribution in [0.25, 0.3) is 0 Å². The molecule has 3 atom stereocenters. The van der Waals surface area contributed by atoms with Crippen LogP contribution in [0.5, 0.6) is 0 Å². The molecular formula is C18H21FN6O. The number of rotatable bonds is 5. The molecule has 0 saturated heterocycles. The Labute approximate surface area is 151 Å². The molecule has 136 valence electrons. The maximum Gasteiger partial charge on any atom is 0.254 e. The largest absolute Gasteiger partial charge is 0.365 e. The first-order valence-corrected chi connectivity index (χ1v) is 8.50. The van der Waals surface area contributed by atoms with Gasteiger partial charge >= 0.3 is 0 Å². The van der Waals surface area contributed by atoms with Crippen LogP contribution in [-0.4, -0.2) is 28.8 Å². The van der Waals surface area contributed by atoms with Gasteiger partial charge in [-0.15, -0.1) is 0 Å². The van der Waals surface area contributed by atoms with Gasteiger partial charge in [0.15, 0.2) is 5.82 Å². The summed E-state index contributed by atoms with van der Waals surface area (Å²) in [5.74, 6) is -0.852. The first-order chi connectivity index (χ1) is 12.5. The van der Waals surface area contributed by atoms with Crippen molar-refractivity contribution in [2.24, 2.45) is 11.7 Å². The molecule has 26 heavy (non-hydrogen) atoms. The van der Waals surface area contributed by atoms with Gasteiger partial charge in [0.2, 0.25) is 0 Å². The standard InChI is InChI=1S/C18H21FN6O/c1-22-14-5-2-11(9-20)16(8-14)25-10-15(17(21)26)18(24-25)23-13-6-3-12(19)4-7-13/h3-4,6-7,10-11,14,16,22H,2,5,8H2,1H3,(H2,21,26)(H,23,24)/t11-,14-,16?/m1/s1. The molecule has 1 unspecified atom stereocenters. The van der Waals surface area contributed by atoms with Gasteiger partial charge in [0.05, 0.1) is 18.0 Å². The molecule has 7 nitrogen and oxygen atoms in total. The Hall–Kier alpha value is -2.92. The average molecular weight is 356 g/mol. The summed E-state index contributed by atoms with van der Waals surface area (Å²) in [6.45, 7) is 0. The van der Waals surface area contributed by atoms with Crippen molar-refractivity contribution in [2.45, 2.75) is 31.3 Å². The molecule has 4 N–H and O–H groups in total. The number of carbonyl (C=O) groups is 1. The molecule has 1 amide bonds. The highest BCUT2D eigenvalue weighted by Crippen LogP contribution is 2.34. The van der Waals surface area contributed by atoms with Crippen LogP contribution in [0.3, 0.4) is 0 Å². The number of halogens is 1. The number of nitrogens with zero attached hydrogens (tertiary/aromatic N) is 3. The molecule has 1 aromatic carbocycles. The topological polar surface area (TPSA) is 109 Å². The van der Waals surface area contributed by atoms with Gasteiger partial charge in [-0.1, -0.05) is 0 Å². The number of hydrogen-bond donors (Lipinski definition) is 3. The van der Waals surface area contributed by atoms with Crippen molar-refractivity contribution < 1.29 is 9.18 Å². The van der Waals surface area contributed by atoms with Crippen LogP contribution in [0.1, 0.15) is 35.7 Å². The van der Waals surface area contributed by atoms with Crippen molar-refractivity contribution in [3.05, 3.63) is 41.8 Å². The monoisotopic (exact) mass is 356 g/mol. The maximum absolute atomic E-state index is 13.1. The molecule has 0 aliphatic heterocycles. The fraction of sp³-hybridized carbons (Fsp3) is 0.389. The first-order valence-electron chi connectivity index (χ1n) is 8.50. The van der Waals surface area contributed by atoms with E-state index in [-0.39, 0.29) is 23.3 Å². The minimum atomic E-state index is -0.615. The number of carbonyl (C=O) groups excluding carboxylic acids is 1. The summed E-state index contributed by atoms with van der Waals surface area (Å²) in [4.78, 5) is 11.8. The SMILES string of the molecule is CN[C@@H]1CC[C@H](C#N)C(n2cc(C(N)=O)c(Nc3ccc(F)cc3)n2)C1. The lowest BCUT2D eigenvalue weighted by molar-refractivity contribution is 0.100. The highest BCUT2D eigenvalue weighted by Gasteiger charge is 2.32. The summed E-state index contributed by atoms with van der Waals surface area (Å²) < 4.78 is 14.7. The van der Waals surface area contributed by atoms with E-state index < -0.39 is 5.91 Å². The van der Waals surface area contributed by atoms with Crippen molar-refractivity contribution in [1.29, 1.82) is 5.26 Å². The van der Waals surface area contributed by atoms with Crippen molar-refractivity contribution in [1.82, 2.24) is 15.1 Å². The first kappa shape index (κ1) is 17.9. The Kier molecular flexibility index (Phi) is 5.19. The number of benzene rings is 1. The molecule has 0 spiro atoms. The predicted octanol–water partition coefficient (Wildman–Crippen LogP) is 2.32. The van der Waals surface area contributed by atoms with Crippen molar-refractivity contribution >= 4 is 17.4 Å². The summed E-state index contributed by atoms with van der Waals surface area (Å²) in [6.07, 6.45) is 4.01. The van der Waals surface area contributed by atoms with Crippen LogP contribution >= 0.6 is 0 Å². The van der Waals surface area contributed by atoms with Gasteiger partial charge in [0, 0.05) is 17.9 Å². The molecule has 1 aromatic heterocycles. The third-order valence-corrected chi connectivity index (χ3v) is 4.83. The number of aromatic nitrogens is 2. The number of hydrogen-bond acceptors (Lipinski definition) is 5. The van der Waals surface area contributed by atoms with Gasteiger partial charge in [0.25, 0.3) is 5.91 Å². The molecule has 1 fully saturated rings. The average Bonchev–Trinajstić information content (AvgIpc) is 3.07. The lowest BCUT2D eigenvalue weighted by atomic mass is 9.82. The number of nitrogens with one attached hydrogen (secondary N) is 2. The maximum atomic E-state index is 13.1. The minimum absolute atomic E-state index is 0.145. The molecular weight excluding hydrogens is 335 g/mol. The molecule has 3 rings (SSSR count). The number of nitriles is 1. The highest BCUT2D eigenvalue weighted by molar-refractivity contribution is 5.98. The van der Waals surface area contributed by atoms with Gasteiger partial charge in [0.1, 0.15) is 11.4 Å². The Morgan fingerprint density at radius 2 is 2.12 bits per heavy atom. The lowest BCUT2D eigenvalue weighted by Gasteiger charge is -2.32. The van der Waals surface area contributed by atoms with E-state index in [1.807, 2.05) is 7.05 Å². The molecule has 1 saturated carbocycles. The van der Waals surface area contributed by atoms with Gasteiger partial charge < -0.3 is 16.4 Å². The van der Waals surface area contributed by atoms with Gasteiger partial charge in [-0.3, -0.25) is 9.48 Å². The highest BCUT2D eigenvalue weighted by atomic mass is 19.1. The van der Waals surface area contributed by atoms with E-state index in [4.69, 9.17) is 5.73 Å². The van der Waals surface area contributed by atoms with E-state index in [1.165, 1.54) is 12.1 Å². The van der Waals surface area contributed by atoms with Crippen molar-refractivity contribution in [3.63, 3.8) is 0 Å². The smallest absolute Gasteiger partial charge is 0.254 e. The quantitative estimate of drug-likeness (QED) is 0.762. The zero-order valence-corrected chi connectivity index (χ0v) is 14.4. The second-order valence-electron chi connectivity index (χ2n) is 6.47. The van der Waals surface area contributed by atoms with Gasteiger partial charge in [-0.2, -0.15) is 10.4 Å². The fourth-order valence-electron chi connectivity index (χ4n) is 3.36. The zero-order chi connectivity index (χ0) is 18.7. The van der Waals surface area contributed by atoms with Crippen LogP contribution in [0.15, 0.2) is 30.5 Å². The van der Waals surface area contributed by atoms with E-state index in [0.717, 1.165) is 19.3 Å². The molecule has 1 heterocycles. The summed E-state index contributed by atoms with van der Waals surface area (Å²) in [5, 5.41) is 20.2. The van der Waals surface area contributed by atoms with Gasteiger partial charge in [-0.05, 0) is 50.6 Å². The lowest BCUT2D eigenvalue weighted by Crippen LogP contribution is -2.36. The molecule has 0 bridgehead atoms. The Bertz CT molecular complexity index is 825. The van der Waals surface area contributed by atoms with E-state index in [0.29, 0.717) is 17.5 Å². The number of primary amides is 1. The van der Waals surface area contributed by atoms with E-state index >= 15 is 0 Å². The summed E-state index contributed by atoms with van der Waals surface area (Å²) in [7, 11) is 1.90. The molecule has 1 aliphatic carbocycles. The fourth-order valence-corrected chi connectivity index (χ4v) is 3.36. The van der Waals surface area contributed by atoms with Crippen LogP contribution in [-0.2, 0) is 0 Å². The summed E-state index contributed by atoms with van der Waals surface area (Å²) >= 11 is 0. The second-order valence-corrected chi connectivity index (χ2v) is 6.47. The third kappa shape index (κ3) is 3.68. The number of nitrogens with two attached hydrogens (primary N) is 1. The van der Waals surface area contributed by atoms with Gasteiger partial charge in [-0.25, -0.2) is 4.39 Å². The van der Waals surface area contributed by atoms with Crippen LogP contribution in [0, 0.1) is 23.1 Å². The molecule has 8 heteroatoms. The molecule has 0 radical (unpaired) electrons. The normalized spacial score (nSPS) is 22.6. The third-order valence-electron chi connectivity index (χ3n) is 4.83. The van der Waals surface area contributed by atoms with E-state index in [1.54, 1.807) is 23.0 Å². The summed E-state index contributed by atoms with van der Waals surface area (Å²) in [6, 6.07) is 8.22. The Balaban J connectivity index is 1.92. The Morgan fingerprint density at radius 1 is 1.38 bits per heavy atom. The molecule has 1 aliphatic rings. The van der Waals surface area contributed by atoms with Crippen LogP contribution in [0.4, 0.5) is 15.9 Å². The molecule has 2 aromatic rings. The number of amides is 1. The zero-order valence-electron chi connectivity index (χ0n) is 14.4. The predicted molar refractivity (Wildman–Crippen MR) is 95.3 cm³/mol. The van der Waals surface area contributed by atoms with E-state index in [2.05, 4.69) is 21.8 Å². The van der Waals surface area contributed by atoms with Crippen LogP contribution in [0.2, 0.25) is 0 Å². The van der Waals surface area contributed by atoms with Crippen molar-refractivity contribution in [2.75, 3.05) is 12.4 Å². The number of anilines is 2. The Morgan fingerprint density at radius 3 is 2.73 bits per heavy atom. The minimum Gasteiger partial charge on any atom is -0.365 e. The van der Waals surface area contributed by atoms with Crippen molar-refractivity contribution in [3.8, 4) is 6.07 Å². The van der Waals surface area contributed by atoms with Crippen LogP contribution < -0.4 is 16.4 Å².